The minimum Gasteiger partial charge on any atom is -0.395 e. The zero-order valence-corrected chi connectivity index (χ0v) is 9.12. The summed E-state index contributed by atoms with van der Waals surface area (Å²) >= 11 is 0. The average Bonchev–Trinajstić information content (AvgIpc) is 2.69. The van der Waals surface area contributed by atoms with E-state index in [4.69, 9.17) is 8.83 Å². The molecule has 0 bridgehead atoms. The van der Waals surface area contributed by atoms with Crippen LogP contribution in [0.15, 0.2) is 30.9 Å². The predicted molar refractivity (Wildman–Crippen MR) is 60.1 cm³/mol. The Hall–Kier alpha value is -1.51. The van der Waals surface area contributed by atoms with Crippen LogP contribution in [0, 0.1) is 0 Å². The van der Waals surface area contributed by atoms with E-state index in [1.807, 2.05) is 6.08 Å². The normalized spacial score (nSPS) is 20.0. The number of fused-ring (bicyclic) bond motifs is 1. The van der Waals surface area contributed by atoms with Crippen molar-refractivity contribution in [3.05, 3.63) is 39.4 Å². The van der Waals surface area contributed by atoms with Gasteiger partial charge in [0.25, 0.3) is 0 Å². The second-order valence-corrected chi connectivity index (χ2v) is 4.44. The summed E-state index contributed by atoms with van der Waals surface area (Å²) in [5.41, 5.74) is 2.84. The molecule has 0 radical (unpaired) electrons. The van der Waals surface area contributed by atoms with E-state index >= 15 is 0 Å². The van der Waals surface area contributed by atoms with Gasteiger partial charge in [0.05, 0.1) is 0 Å². The molecule has 0 atom stereocenters. The van der Waals surface area contributed by atoms with Gasteiger partial charge in [-0.3, -0.25) is 0 Å². The molecular formula is C13H14O3. The molecule has 1 aromatic rings. The summed E-state index contributed by atoms with van der Waals surface area (Å²) in [6.45, 7) is 0. The van der Waals surface area contributed by atoms with Crippen LogP contribution in [0.4, 0.5) is 0 Å². The zero-order chi connectivity index (χ0) is 11.0. The van der Waals surface area contributed by atoms with Crippen LogP contribution < -0.4 is 5.82 Å². The fraction of sp³-hybridized carbons (Fsp3) is 0.462. The number of hydrogen-bond acceptors (Lipinski definition) is 3. The van der Waals surface area contributed by atoms with E-state index in [2.05, 4.69) is 6.08 Å². The first-order valence-electron chi connectivity index (χ1n) is 5.85. The van der Waals surface area contributed by atoms with Crippen LogP contribution in [-0.2, 0) is 6.42 Å². The Balaban J connectivity index is 1.94. The molecule has 0 aliphatic heterocycles. The van der Waals surface area contributed by atoms with E-state index in [1.54, 1.807) is 0 Å². The van der Waals surface area contributed by atoms with Gasteiger partial charge in [0.1, 0.15) is 0 Å². The Kier molecular flexibility index (Phi) is 2.31. The van der Waals surface area contributed by atoms with E-state index in [-0.39, 0.29) is 0 Å². The van der Waals surface area contributed by atoms with Gasteiger partial charge >= 0.3 is 5.82 Å². The highest BCUT2D eigenvalue weighted by Gasteiger charge is 2.19. The molecule has 0 unspecified atom stereocenters. The minimum atomic E-state index is -0.593. The fourth-order valence-electron chi connectivity index (χ4n) is 2.52. The third-order valence-electron chi connectivity index (χ3n) is 3.37. The lowest BCUT2D eigenvalue weighted by Gasteiger charge is -2.18. The van der Waals surface area contributed by atoms with Crippen molar-refractivity contribution in [3.63, 3.8) is 0 Å². The molecule has 0 spiro atoms. The highest BCUT2D eigenvalue weighted by molar-refractivity contribution is 5.55. The average molecular weight is 218 g/mol. The molecule has 1 heterocycles. The molecule has 16 heavy (non-hydrogen) atoms. The number of rotatable bonds is 0. The molecule has 2 aliphatic rings. The smallest absolute Gasteiger partial charge is 0.395 e. The lowest BCUT2D eigenvalue weighted by Crippen LogP contribution is -2.02. The van der Waals surface area contributed by atoms with Crippen molar-refractivity contribution in [2.45, 2.75) is 38.5 Å². The Morgan fingerprint density at radius 1 is 1.00 bits per heavy atom. The van der Waals surface area contributed by atoms with Crippen LogP contribution in [0.25, 0.3) is 6.08 Å². The Morgan fingerprint density at radius 2 is 1.81 bits per heavy atom. The summed E-state index contributed by atoms with van der Waals surface area (Å²) in [5, 5.41) is 0. The largest absolute Gasteiger partial charge is 0.519 e. The molecule has 3 rings (SSSR count). The summed E-state index contributed by atoms with van der Waals surface area (Å²) in [6, 6.07) is 0. The van der Waals surface area contributed by atoms with Gasteiger partial charge in [0.2, 0.25) is 0 Å². The van der Waals surface area contributed by atoms with Gasteiger partial charge < -0.3 is 8.83 Å². The quantitative estimate of drug-likeness (QED) is 0.672. The molecule has 1 fully saturated rings. The summed E-state index contributed by atoms with van der Waals surface area (Å²) in [5.74, 6) is 0.676. The van der Waals surface area contributed by atoms with Crippen LogP contribution in [0.3, 0.4) is 0 Å². The molecule has 0 N–H and O–H groups in total. The Bertz CT molecular complexity index is 506. The molecular weight excluding hydrogens is 204 g/mol. The Morgan fingerprint density at radius 3 is 2.62 bits per heavy atom. The molecule has 0 aromatic carbocycles. The van der Waals surface area contributed by atoms with Gasteiger partial charge in [-0.15, -0.1) is 0 Å². The maximum Gasteiger partial charge on any atom is 0.519 e. The first-order chi connectivity index (χ1) is 7.83. The first-order valence-corrected chi connectivity index (χ1v) is 5.85. The van der Waals surface area contributed by atoms with E-state index in [0.717, 1.165) is 0 Å². The SMILES string of the molecule is O=c1oc2c(o1)CC(=C1CCCCC1)C=C2. The zero-order valence-electron chi connectivity index (χ0n) is 9.12. The van der Waals surface area contributed by atoms with Gasteiger partial charge in [0.15, 0.2) is 11.5 Å². The predicted octanol–water partition coefficient (Wildman–Crippen LogP) is 3.06. The van der Waals surface area contributed by atoms with Crippen molar-refractivity contribution in [1.29, 1.82) is 0 Å². The third-order valence-corrected chi connectivity index (χ3v) is 3.37. The van der Waals surface area contributed by atoms with Crippen molar-refractivity contribution in [1.82, 2.24) is 0 Å². The van der Waals surface area contributed by atoms with Crippen LogP contribution >= 0.6 is 0 Å². The van der Waals surface area contributed by atoms with E-state index < -0.39 is 5.82 Å². The molecule has 84 valence electrons. The molecule has 1 saturated carbocycles. The van der Waals surface area contributed by atoms with Crippen molar-refractivity contribution in [2.24, 2.45) is 0 Å². The van der Waals surface area contributed by atoms with Gasteiger partial charge in [0, 0.05) is 6.42 Å². The molecule has 2 aliphatic carbocycles. The van der Waals surface area contributed by atoms with Crippen LogP contribution in [0.1, 0.15) is 43.6 Å². The minimum absolute atomic E-state index is 0.588. The molecule has 0 amide bonds. The van der Waals surface area contributed by atoms with Gasteiger partial charge in [-0.05, 0) is 37.3 Å². The summed E-state index contributed by atoms with van der Waals surface area (Å²) in [7, 11) is 0. The van der Waals surface area contributed by atoms with Crippen LogP contribution in [0.5, 0.6) is 0 Å². The van der Waals surface area contributed by atoms with Gasteiger partial charge in [-0.25, -0.2) is 4.79 Å². The van der Waals surface area contributed by atoms with Crippen molar-refractivity contribution in [2.75, 3.05) is 0 Å². The third kappa shape index (κ3) is 1.66. The Labute approximate surface area is 93.5 Å². The van der Waals surface area contributed by atoms with Gasteiger partial charge in [-0.2, -0.15) is 0 Å². The molecule has 0 saturated heterocycles. The summed E-state index contributed by atoms with van der Waals surface area (Å²) in [4.78, 5) is 11.0. The monoisotopic (exact) mass is 218 g/mol. The topological polar surface area (TPSA) is 43.4 Å². The molecule has 3 heteroatoms. The lowest BCUT2D eigenvalue weighted by atomic mass is 9.88. The second-order valence-electron chi connectivity index (χ2n) is 4.44. The van der Waals surface area contributed by atoms with Crippen molar-refractivity contribution < 1.29 is 8.83 Å². The molecule has 3 nitrogen and oxygen atoms in total. The maximum absolute atomic E-state index is 11.0. The van der Waals surface area contributed by atoms with Crippen molar-refractivity contribution in [3.8, 4) is 0 Å². The fourth-order valence-corrected chi connectivity index (χ4v) is 2.52. The molecule has 1 aromatic heterocycles. The second kappa shape index (κ2) is 3.81. The van der Waals surface area contributed by atoms with Crippen molar-refractivity contribution >= 4 is 6.08 Å². The van der Waals surface area contributed by atoms with E-state index in [1.165, 1.54) is 43.3 Å². The summed E-state index contributed by atoms with van der Waals surface area (Å²) in [6.07, 6.45) is 10.9. The number of hydrogen-bond donors (Lipinski definition) is 0. The highest BCUT2D eigenvalue weighted by Crippen LogP contribution is 2.31. The van der Waals surface area contributed by atoms with E-state index in [0.29, 0.717) is 17.9 Å². The first kappa shape index (κ1) is 9.70. The number of allylic oxidation sites excluding steroid dienone is 3. The van der Waals surface area contributed by atoms with Crippen LogP contribution in [-0.4, -0.2) is 0 Å². The maximum atomic E-state index is 11.0. The summed E-state index contributed by atoms with van der Waals surface area (Å²) < 4.78 is 9.93. The standard InChI is InChI=1S/C13H14O3/c14-13-15-11-7-6-10(8-12(11)16-13)9-4-2-1-3-5-9/h6-7H,1-5,8H2. The lowest BCUT2D eigenvalue weighted by molar-refractivity contribution is 0.375. The van der Waals surface area contributed by atoms with Crippen LogP contribution in [0.2, 0.25) is 0 Å². The van der Waals surface area contributed by atoms with E-state index in [9.17, 15) is 4.79 Å². The van der Waals surface area contributed by atoms with Gasteiger partial charge in [-0.1, -0.05) is 18.1 Å². The highest BCUT2D eigenvalue weighted by atomic mass is 16.6.